The fourth-order valence-corrected chi connectivity index (χ4v) is 2.91. The van der Waals surface area contributed by atoms with Gasteiger partial charge in [-0.3, -0.25) is 4.68 Å². The lowest BCUT2D eigenvalue weighted by Gasteiger charge is -2.07. The van der Waals surface area contributed by atoms with Gasteiger partial charge < -0.3 is 0 Å². The highest BCUT2D eigenvalue weighted by Crippen LogP contribution is 2.27. The van der Waals surface area contributed by atoms with Crippen molar-refractivity contribution in [2.45, 2.75) is 17.6 Å². The summed E-state index contributed by atoms with van der Waals surface area (Å²) in [5, 5.41) is 3.34. The number of hydrogen-bond acceptors (Lipinski definition) is 3. The molecule has 0 fully saturated rings. The summed E-state index contributed by atoms with van der Waals surface area (Å²) in [6.45, 7) is -0.0801. The second-order valence-corrected chi connectivity index (χ2v) is 7.00. The molecule has 0 atom stereocenters. The lowest BCUT2D eigenvalue weighted by molar-refractivity contribution is -0.141. The SMILES string of the molecule is O=S(=O)(NCCn1ccc(C(F)(F)F)n1)c1ccc(Br)cc1. The van der Waals surface area contributed by atoms with E-state index in [1.165, 1.54) is 12.1 Å². The van der Waals surface area contributed by atoms with Crippen LogP contribution in [-0.4, -0.2) is 24.7 Å². The number of alkyl halides is 3. The fourth-order valence-electron chi connectivity index (χ4n) is 1.63. The Morgan fingerprint density at radius 1 is 1.18 bits per heavy atom. The van der Waals surface area contributed by atoms with Crippen molar-refractivity contribution in [3.8, 4) is 0 Å². The van der Waals surface area contributed by atoms with Crippen molar-refractivity contribution in [3.05, 3.63) is 46.7 Å². The molecule has 0 unspecified atom stereocenters. The monoisotopic (exact) mass is 397 g/mol. The van der Waals surface area contributed by atoms with Gasteiger partial charge in [0.1, 0.15) is 0 Å². The molecule has 0 radical (unpaired) electrons. The zero-order valence-electron chi connectivity index (χ0n) is 11.0. The van der Waals surface area contributed by atoms with Crippen molar-refractivity contribution in [3.63, 3.8) is 0 Å². The minimum absolute atomic E-state index is 0.00810. The lowest BCUT2D eigenvalue weighted by atomic mass is 10.4. The van der Waals surface area contributed by atoms with Crippen molar-refractivity contribution in [1.82, 2.24) is 14.5 Å². The first-order valence-electron chi connectivity index (χ1n) is 6.04. The Hall–Kier alpha value is -1.39. The Labute approximate surface area is 133 Å². The first-order chi connectivity index (χ1) is 10.2. The third-order valence-electron chi connectivity index (χ3n) is 2.69. The number of rotatable bonds is 5. The molecule has 0 bridgehead atoms. The van der Waals surface area contributed by atoms with Gasteiger partial charge in [-0.15, -0.1) is 0 Å². The molecule has 0 amide bonds. The van der Waals surface area contributed by atoms with Crippen molar-refractivity contribution in [2.24, 2.45) is 0 Å². The van der Waals surface area contributed by atoms with Crippen LogP contribution in [-0.2, 0) is 22.7 Å². The van der Waals surface area contributed by atoms with Gasteiger partial charge in [0.15, 0.2) is 5.69 Å². The molecule has 1 aromatic carbocycles. The normalized spacial score (nSPS) is 12.5. The van der Waals surface area contributed by atoms with Crippen LogP contribution in [0.4, 0.5) is 13.2 Å². The van der Waals surface area contributed by atoms with Crippen LogP contribution in [0.5, 0.6) is 0 Å². The zero-order chi connectivity index (χ0) is 16.4. The Morgan fingerprint density at radius 3 is 2.36 bits per heavy atom. The zero-order valence-corrected chi connectivity index (χ0v) is 13.4. The van der Waals surface area contributed by atoms with Crippen LogP contribution >= 0.6 is 15.9 Å². The molecule has 0 saturated carbocycles. The summed E-state index contributed by atoms with van der Waals surface area (Å²) in [5.41, 5.74) is -1.01. The lowest BCUT2D eigenvalue weighted by Crippen LogP contribution is -2.27. The first-order valence-corrected chi connectivity index (χ1v) is 8.32. The quantitative estimate of drug-likeness (QED) is 0.843. The van der Waals surface area contributed by atoms with Gasteiger partial charge in [-0.1, -0.05) is 15.9 Å². The van der Waals surface area contributed by atoms with E-state index in [4.69, 9.17) is 0 Å². The molecular weight excluding hydrogens is 387 g/mol. The maximum absolute atomic E-state index is 12.4. The molecule has 2 rings (SSSR count). The average Bonchev–Trinajstić information content (AvgIpc) is 2.88. The van der Waals surface area contributed by atoms with Gasteiger partial charge in [0.05, 0.1) is 11.4 Å². The Bertz CT molecular complexity index is 742. The summed E-state index contributed by atoms with van der Waals surface area (Å²) >= 11 is 3.19. The summed E-state index contributed by atoms with van der Waals surface area (Å²) in [6, 6.07) is 6.84. The van der Waals surface area contributed by atoms with Crippen LogP contribution in [0.3, 0.4) is 0 Å². The number of nitrogens with one attached hydrogen (secondary N) is 1. The molecule has 2 aromatic rings. The highest BCUT2D eigenvalue weighted by molar-refractivity contribution is 9.10. The van der Waals surface area contributed by atoms with Gasteiger partial charge in [-0.25, -0.2) is 13.1 Å². The second kappa shape index (κ2) is 6.39. The highest BCUT2D eigenvalue weighted by atomic mass is 79.9. The standard InChI is InChI=1S/C12H11BrF3N3O2S/c13-9-1-3-10(4-2-9)22(20,21)17-6-8-19-7-5-11(18-19)12(14,15)16/h1-5,7,17H,6,8H2. The average molecular weight is 398 g/mol. The van der Waals surface area contributed by atoms with Gasteiger partial charge in [-0.05, 0) is 30.3 Å². The van der Waals surface area contributed by atoms with E-state index in [0.29, 0.717) is 0 Å². The van der Waals surface area contributed by atoms with Gasteiger partial charge in [0.2, 0.25) is 10.0 Å². The van der Waals surface area contributed by atoms with E-state index in [2.05, 4.69) is 25.8 Å². The highest BCUT2D eigenvalue weighted by Gasteiger charge is 2.33. The fraction of sp³-hybridized carbons (Fsp3) is 0.250. The molecular formula is C12H11BrF3N3O2S. The number of nitrogens with zero attached hydrogens (tertiary/aromatic N) is 2. The predicted molar refractivity (Wildman–Crippen MR) is 76.6 cm³/mol. The first kappa shape index (κ1) is 17.0. The molecule has 1 heterocycles. The summed E-state index contributed by atoms with van der Waals surface area (Å²) in [6.07, 6.45) is -3.36. The number of halogens is 4. The number of hydrogen-bond donors (Lipinski definition) is 1. The van der Waals surface area contributed by atoms with Crippen LogP contribution in [0, 0.1) is 0 Å². The predicted octanol–water partition coefficient (Wildman–Crippen LogP) is 2.64. The Kier molecular flexibility index (Phi) is 4.93. The van der Waals surface area contributed by atoms with E-state index >= 15 is 0 Å². The molecule has 0 spiro atoms. The third kappa shape index (κ3) is 4.31. The van der Waals surface area contributed by atoms with Crippen molar-refractivity contribution in [1.29, 1.82) is 0 Å². The summed E-state index contributed by atoms with van der Waals surface area (Å²) in [4.78, 5) is 0.0761. The second-order valence-electron chi connectivity index (χ2n) is 4.31. The number of benzene rings is 1. The van der Waals surface area contributed by atoms with E-state index < -0.39 is 21.9 Å². The molecule has 120 valence electrons. The molecule has 0 aliphatic heterocycles. The molecule has 0 aliphatic carbocycles. The van der Waals surface area contributed by atoms with Crippen LogP contribution in [0.25, 0.3) is 0 Å². The summed E-state index contributed by atoms with van der Waals surface area (Å²) in [7, 11) is -3.70. The Balaban J connectivity index is 1.95. The summed E-state index contributed by atoms with van der Waals surface area (Å²) in [5.74, 6) is 0. The van der Waals surface area contributed by atoms with Crippen LogP contribution in [0.2, 0.25) is 0 Å². The smallest absolute Gasteiger partial charge is 0.271 e. The third-order valence-corrected chi connectivity index (χ3v) is 4.69. The van der Waals surface area contributed by atoms with Crippen LogP contribution in [0.1, 0.15) is 5.69 Å². The Morgan fingerprint density at radius 2 is 1.82 bits per heavy atom. The number of aromatic nitrogens is 2. The van der Waals surface area contributed by atoms with E-state index in [9.17, 15) is 21.6 Å². The van der Waals surface area contributed by atoms with Crippen molar-refractivity contribution in [2.75, 3.05) is 6.54 Å². The van der Waals surface area contributed by atoms with Gasteiger partial charge >= 0.3 is 6.18 Å². The van der Waals surface area contributed by atoms with E-state index in [-0.39, 0.29) is 18.0 Å². The molecule has 1 N–H and O–H groups in total. The van der Waals surface area contributed by atoms with Gasteiger partial charge in [0.25, 0.3) is 0 Å². The van der Waals surface area contributed by atoms with E-state index in [1.54, 1.807) is 12.1 Å². The minimum atomic E-state index is -4.51. The number of sulfonamides is 1. The molecule has 0 saturated heterocycles. The molecule has 1 aromatic heterocycles. The molecule has 22 heavy (non-hydrogen) atoms. The summed E-state index contributed by atoms with van der Waals surface area (Å²) < 4.78 is 65.1. The van der Waals surface area contributed by atoms with Gasteiger partial charge in [0, 0.05) is 17.2 Å². The molecule has 10 heteroatoms. The van der Waals surface area contributed by atoms with Crippen LogP contribution in [0.15, 0.2) is 45.9 Å². The van der Waals surface area contributed by atoms with Crippen molar-refractivity contribution < 1.29 is 21.6 Å². The molecule has 5 nitrogen and oxygen atoms in total. The van der Waals surface area contributed by atoms with Crippen LogP contribution < -0.4 is 4.72 Å². The van der Waals surface area contributed by atoms with Crippen molar-refractivity contribution >= 4 is 26.0 Å². The maximum atomic E-state index is 12.4. The maximum Gasteiger partial charge on any atom is 0.435 e. The van der Waals surface area contributed by atoms with E-state index in [0.717, 1.165) is 21.4 Å². The largest absolute Gasteiger partial charge is 0.435 e. The van der Waals surface area contributed by atoms with Gasteiger partial charge in [-0.2, -0.15) is 18.3 Å². The molecule has 0 aliphatic rings. The minimum Gasteiger partial charge on any atom is -0.271 e. The van der Waals surface area contributed by atoms with E-state index in [1.807, 2.05) is 0 Å². The topological polar surface area (TPSA) is 64.0 Å².